The average molecular weight is 279 g/mol. The Morgan fingerprint density at radius 3 is 2.25 bits per heavy atom. The number of aliphatic carboxylic acids is 1. The number of rotatable bonds is 4. The van der Waals surface area contributed by atoms with Gasteiger partial charge in [0.25, 0.3) is 0 Å². The summed E-state index contributed by atoms with van der Waals surface area (Å²) < 4.78 is 12.9. The number of carboxylic acid groups (broad SMARTS) is 1. The van der Waals surface area contributed by atoms with Crippen LogP contribution in [-0.4, -0.2) is 17.0 Å². The molecule has 0 aliphatic heterocycles. The molecule has 4 nitrogen and oxygen atoms in total. The zero-order valence-electron chi connectivity index (χ0n) is 11.7. The van der Waals surface area contributed by atoms with Gasteiger partial charge in [0.1, 0.15) is 5.82 Å². The highest BCUT2D eigenvalue weighted by atomic mass is 19.1. The lowest BCUT2D eigenvalue weighted by atomic mass is 9.91. The Morgan fingerprint density at radius 2 is 1.85 bits per heavy atom. The molecule has 2 atom stereocenters. The maximum atomic E-state index is 12.9. The molecule has 1 aromatic rings. The van der Waals surface area contributed by atoms with Gasteiger partial charge < -0.3 is 10.4 Å². The van der Waals surface area contributed by atoms with Gasteiger partial charge in [0.15, 0.2) is 5.54 Å². The van der Waals surface area contributed by atoms with E-state index in [0.29, 0.717) is 5.56 Å². The molecule has 20 heavy (non-hydrogen) atoms. The number of carboxylic acids is 1. The number of carbonyl (C=O) groups is 2. The van der Waals surface area contributed by atoms with Crippen molar-refractivity contribution in [3.63, 3.8) is 0 Å². The Kier molecular flexibility index (Phi) is 3.32. The van der Waals surface area contributed by atoms with Gasteiger partial charge in [-0.1, -0.05) is 26.0 Å². The van der Waals surface area contributed by atoms with Crippen LogP contribution in [0.25, 0.3) is 0 Å². The molecular formula is C15H18FNO3. The first kappa shape index (κ1) is 14.5. The van der Waals surface area contributed by atoms with Gasteiger partial charge in [0.05, 0.1) is 0 Å². The quantitative estimate of drug-likeness (QED) is 0.888. The third-order valence-electron chi connectivity index (χ3n) is 4.05. The number of hydrogen-bond donors (Lipinski definition) is 2. The molecule has 108 valence electrons. The van der Waals surface area contributed by atoms with Crippen molar-refractivity contribution in [2.24, 2.45) is 11.3 Å². The van der Waals surface area contributed by atoms with Crippen molar-refractivity contribution in [3.8, 4) is 0 Å². The first-order valence-corrected chi connectivity index (χ1v) is 6.48. The molecule has 0 spiro atoms. The van der Waals surface area contributed by atoms with Gasteiger partial charge in [-0.05, 0) is 36.5 Å². The summed E-state index contributed by atoms with van der Waals surface area (Å²) in [5.74, 6) is -2.06. The van der Waals surface area contributed by atoms with E-state index in [1.54, 1.807) is 0 Å². The van der Waals surface area contributed by atoms with Crippen LogP contribution in [0.15, 0.2) is 24.3 Å². The molecule has 1 saturated carbocycles. The number of nitrogens with one attached hydrogen (secondary N) is 1. The molecule has 2 N–H and O–H groups in total. The first-order valence-electron chi connectivity index (χ1n) is 6.48. The normalized spacial score (nSPS) is 22.7. The second kappa shape index (κ2) is 4.58. The molecule has 0 heterocycles. The second-order valence-corrected chi connectivity index (χ2v) is 6.17. The molecule has 0 bridgehead atoms. The van der Waals surface area contributed by atoms with E-state index in [-0.39, 0.29) is 17.2 Å². The van der Waals surface area contributed by atoms with Gasteiger partial charge in [-0.3, -0.25) is 4.79 Å². The lowest BCUT2D eigenvalue weighted by Crippen LogP contribution is -2.50. The van der Waals surface area contributed by atoms with E-state index in [2.05, 4.69) is 5.32 Å². The molecule has 1 fully saturated rings. The standard InChI is InChI=1S/C15H18FNO3/c1-14(2)8-11(14)12(18)17-15(3,13(19)20)9-4-6-10(16)7-5-9/h4-7,11H,8H2,1-3H3,(H,17,18)(H,19,20)/t11-,15?/m1/s1. The fourth-order valence-corrected chi connectivity index (χ4v) is 2.28. The van der Waals surface area contributed by atoms with E-state index in [0.717, 1.165) is 6.42 Å². The zero-order chi connectivity index (χ0) is 15.1. The van der Waals surface area contributed by atoms with Gasteiger partial charge in [0.2, 0.25) is 5.91 Å². The molecule has 1 aromatic carbocycles. The molecular weight excluding hydrogens is 261 g/mol. The fourth-order valence-electron chi connectivity index (χ4n) is 2.28. The van der Waals surface area contributed by atoms with Crippen LogP contribution in [0.1, 0.15) is 32.8 Å². The smallest absolute Gasteiger partial charge is 0.333 e. The largest absolute Gasteiger partial charge is 0.479 e. The highest BCUT2D eigenvalue weighted by molar-refractivity contribution is 5.90. The van der Waals surface area contributed by atoms with E-state index in [4.69, 9.17) is 0 Å². The number of benzene rings is 1. The van der Waals surface area contributed by atoms with Crippen LogP contribution in [0.2, 0.25) is 0 Å². The van der Waals surface area contributed by atoms with Crippen molar-refractivity contribution in [2.45, 2.75) is 32.7 Å². The summed E-state index contributed by atoms with van der Waals surface area (Å²) in [5.41, 5.74) is -1.28. The van der Waals surface area contributed by atoms with Crippen molar-refractivity contribution < 1.29 is 19.1 Å². The predicted molar refractivity (Wildman–Crippen MR) is 71.4 cm³/mol. The van der Waals surface area contributed by atoms with Gasteiger partial charge in [0, 0.05) is 5.92 Å². The Balaban J connectivity index is 2.24. The Hall–Kier alpha value is -1.91. The van der Waals surface area contributed by atoms with Gasteiger partial charge in [-0.2, -0.15) is 0 Å². The van der Waals surface area contributed by atoms with E-state index >= 15 is 0 Å². The Bertz CT molecular complexity index is 553. The van der Waals surface area contributed by atoms with Crippen LogP contribution in [0.4, 0.5) is 4.39 Å². The Labute approximate surface area is 117 Å². The van der Waals surface area contributed by atoms with Crippen LogP contribution < -0.4 is 5.32 Å². The lowest BCUT2D eigenvalue weighted by molar-refractivity contribution is -0.147. The summed E-state index contributed by atoms with van der Waals surface area (Å²) in [4.78, 5) is 23.7. The van der Waals surface area contributed by atoms with Crippen LogP contribution >= 0.6 is 0 Å². The summed E-state index contributed by atoms with van der Waals surface area (Å²) >= 11 is 0. The number of halogens is 1. The first-order chi connectivity index (χ1) is 9.17. The molecule has 1 aliphatic carbocycles. The van der Waals surface area contributed by atoms with Crippen molar-refractivity contribution >= 4 is 11.9 Å². The summed E-state index contributed by atoms with van der Waals surface area (Å²) in [6, 6.07) is 5.12. The van der Waals surface area contributed by atoms with E-state index in [1.165, 1.54) is 31.2 Å². The molecule has 1 aliphatic rings. The summed E-state index contributed by atoms with van der Waals surface area (Å²) in [5, 5.41) is 12.0. The summed E-state index contributed by atoms with van der Waals surface area (Å²) in [6.45, 7) is 5.34. The van der Waals surface area contributed by atoms with Gasteiger partial charge in [-0.25, -0.2) is 9.18 Å². The minimum Gasteiger partial charge on any atom is -0.479 e. The molecule has 0 radical (unpaired) electrons. The lowest BCUT2D eigenvalue weighted by Gasteiger charge is -2.27. The van der Waals surface area contributed by atoms with Crippen LogP contribution in [0.3, 0.4) is 0 Å². The van der Waals surface area contributed by atoms with Crippen molar-refractivity contribution in [3.05, 3.63) is 35.6 Å². The topological polar surface area (TPSA) is 66.4 Å². The number of hydrogen-bond acceptors (Lipinski definition) is 2. The van der Waals surface area contributed by atoms with E-state index < -0.39 is 17.3 Å². The molecule has 1 amide bonds. The van der Waals surface area contributed by atoms with E-state index in [1.807, 2.05) is 13.8 Å². The van der Waals surface area contributed by atoms with Gasteiger partial charge >= 0.3 is 5.97 Å². The fraction of sp³-hybridized carbons (Fsp3) is 0.467. The van der Waals surface area contributed by atoms with E-state index in [9.17, 15) is 19.1 Å². The van der Waals surface area contributed by atoms with Crippen LogP contribution in [-0.2, 0) is 15.1 Å². The molecule has 2 rings (SSSR count). The highest BCUT2D eigenvalue weighted by Crippen LogP contribution is 2.51. The third kappa shape index (κ3) is 2.53. The van der Waals surface area contributed by atoms with Crippen molar-refractivity contribution in [1.82, 2.24) is 5.32 Å². The van der Waals surface area contributed by atoms with Crippen LogP contribution in [0, 0.1) is 17.2 Å². The molecule has 0 aromatic heterocycles. The average Bonchev–Trinajstić information content (AvgIpc) is 2.99. The predicted octanol–water partition coefficient (Wildman–Crippen LogP) is 2.29. The molecule has 1 unspecified atom stereocenters. The summed E-state index contributed by atoms with van der Waals surface area (Å²) in [7, 11) is 0. The van der Waals surface area contributed by atoms with Crippen molar-refractivity contribution in [1.29, 1.82) is 0 Å². The monoisotopic (exact) mass is 279 g/mol. The third-order valence-corrected chi connectivity index (χ3v) is 4.05. The minimum absolute atomic E-state index is 0.0771. The maximum absolute atomic E-state index is 12.9. The molecule has 5 heteroatoms. The highest BCUT2D eigenvalue weighted by Gasteiger charge is 2.52. The maximum Gasteiger partial charge on any atom is 0.333 e. The van der Waals surface area contributed by atoms with Crippen molar-refractivity contribution in [2.75, 3.05) is 0 Å². The zero-order valence-corrected chi connectivity index (χ0v) is 11.7. The van der Waals surface area contributed by atoms with Gasteiger partial charge in [-0.15, -0.1) is 0 Å². The molecule has 0 saturated heterocycles. The second-order valence-electron chi connectivity index (χ2n) is 6.17. The Morgan fingerprint density at radius 1 is 1.35 bits per heavy atom. The number of amides is 1. The van der Waals surface area contributed by atoms with Crippen LogP contribution in [0.5, 0.6) is 0 Å². The summed E-state index contributed by atoms with van der Waals surface area (Å²) in [6.07, 6.45) is 0.748. The SMILES string of the molecule is CC(NC(=O)[C@H]1CC1(C)C)(C(=O)O)c1ccc(F)cc1. The minimum atomic E-state index is -1.55. The number of carbonyl (C=O) groups excluding carboxylic acids is 1.